The lowest BCUT2D eigenvalue weighted by atomic mass is 9.78. The van der Waals surface area contributed by atoms with Crippen LogP contribution >= 0.6 is 0 Å². The van der Waals surface area contributed by atoms with Gasteiger partial charge in [0.2, 0.25) is 0 Å². The lowest BCUT2D eigenvalue weighted by Gasteiger charge is -2.28. The number of methoxy groups -OCH3 is 1. The molecule has 0 aromatic heterocycles. The van der Waals surface area contributed by atoms with Gasteiger partial charge in [-0.05, 0) is 66.2 Å². The van der Waals surface area contributed by atoms with Crippen LogP contribution in [0.4, 0.5) is 0 Å². The maximum absolute atomic E-state index is 5.55. The summed E-state index contributed by atoms with van der Waals surface area (Å²) in [4.78, 5) is 0. The van der Waals surface area contributed by atoms with Crippen LogP contribution < -0.4 is 0 Å². The number of hydrogen-bond donors (Lipinski definition) is 0. The second-order valence-electron chi connectivity index (χ2n) is 10.2. The van der Waals surface area contributed by atoms with Gasteiger partial charge in [-0.3, -0.25) is 0 Å². The summed E-state index contributed by atoms with van der Waals surface area (Å²) in [5.41, 5.74) is 5.48. The van der Waals surface area contributed by atoms with E-state index < -0.39 is 0 Å². The van der Waals surface area contributed by atoms with Crippen LogP contribution in [0.15, 0.2) is 55.1 Å². The van der Waals surface area contributed by atoms with Gasteiger partial charge < -0.3 is 4.74 Å². The van der Waals surface area contributed by atoms with Gasteiger partial charge in [-0.15, -0.1) is 0 Å². The maximum atomic E-state index is 5.55. The zero-order valence-electron chi connectivity index (χ0n) is 21.2. The zero-order chi connectivity index (χ0) is 23.3. The molecule has 1 heteroatoms. The molecule has 3 rings (SSSR count). The SMILES string of the molecule is C=Cc1ccc(CCCCC2CCC(CCCCc3ccc(C(CC)OC)cc3)CC2)cc1. The molecule has 2 aromatic rings. The molecule has 0 aliphatic heterocycles. The van der Waals surface area contributed by atoms with Gasteiger partial charge in [0.25, 0.3) is 0 Å². The van der Waals surface area contributed by atoms with Crippen molar-refractivity contribution in [1.82, 2.24) is 0 Å². The highest BCUT2D eigenvalue weighted by Crippen LogP contribution is 2.34. The first-order valence-corrected chi connectivity index (χ1v) is 13.5. The molecule has 0 radical (unpaired) electrons. The second kappa shape index (κ2) is 14.4. The van der Waals surface area contributed by atoms with Gasteiger partial charge in [0.05, 0.1) is 6.10 Å². The molecule has 1 saturated carbocycles. The average molecular weight is 447 g/mol. The average Bonchev–Trinajstić information content (AvgIpc) is 2.87. The van der Waals surface area contributed by atoms with Crippen LogP contribution in [0.5, 0.6) is 0 Å². The Morgan fingerprint density at radius 1 is 0.788 bits per heavy atom. The first-order chi connectivity index (χ1) is 16.2. The molecule has 1 nitrogen and oxygen atoms in total. The van der Waals surface area contributed by atoms with Crippen molar-refractivity contribution in [1.29, 1.82) is 0 Å². The number of hydrogen-bond acceptors (Lipinski definition) is 1. The molecule has 1 unspecified atom stereocenters. The molecular formula is C32H46O. The lowest BCUT2D eigenvalue weighted by Crippen LogP contribution is -2.14. The van der Waals surface area contributed by atoms with E-state index in [1.807, 2.05) is 6.08 Å². The topological polar surface area (TPSA) is 9.23 Å². The van der Waals surface area contributed by atoms with Gasteiger partial charge in [-0.2, -0.15) is 0 Å². The Balaban J connectivity index is 1.23. The lowest BCUT2D eigenvalue weighted by molar-refractivity contribution is 0.100. The van der Waals surface area contributed by atoms with Crippen molar-refractivity contribution in [3.63, 3.8) is 0 Å². The fraction of sp³-hybridized carbons (Fsp3) is 0.562. The smallest absolute Gasteiger partial charge is 0.0818 e. The first kappa shape index (κ1) is 25.8. The van der Waals surface area contributed by atoms with Gasteiger partial charge in [-0.25, -0.2) is 0 Å². The normalized spacial score (nSPS) is 19.3. The Morgan fingerprint density at radius 2 is 1.27 bits per heavy atom. The Bertz CT molecular complexity index is 776. The fourth-order valence-electron chi connectivity index (χ4n) is 5.59. The maximum Gasteiger partial charge on any atom is 0.0818 e. The summed E-state index contributed by atoms with van der Waals surface area (Å²) in [5, 5.41) is 0. The monoisotopic (exact) mass is 446 g/mol. The van der Waals surface area contributed by atoms with E-state index in [2.05, 4.69) is 62.0 Å². The second-order valence-corrected chi connectivity index (χ2v) is 10.2. The highest BCUT2D eigenvalue weighted by molar-refractivity contribution is 5.47. The van der Waals surface area contributed by atoms with Crippen molar-refractivity contribution in [2.75, 3.05) is 7.11 Å². The molecule has 0 amide bonds. The standard InChI is InChI=1S/C32H46O/c1-4-26-14-16-27(17-15-26)10-6-7-11-28-18-20-29(21-19-28)12-8-9-13-30-22-24-31(25-23-30)32(5-2)33-3/h4,14-17,22-25,28-29,32H,1,5-13,18-21H2,2-3H3. The minimum Gasteiger partial charge on any atom is -0.377 e. The summed E-state index contributed by atoms with van der Waals surface area (Å²) in [7, 11) is 1.81. The molecule has 2 aromatic carbocycles. The van der Waals surface area contributed by atoms with Crippen molar-refractivity contribution in [2.24, 2.45) is 11.8 Å². The fourth-order valence-corrected chi connectivity index (χ4v) is 5.59. The summed E-state index contributed by atoms with van der Waals surface area (Å²) < 4.78 is 5.55. The molecule has 33 heavy (non-hydrogen) atoms. The molecule has 0 N–H and O–H groups in total. The van der Waals surface area contributed by atoms with E-state index in [1.165, 1.54) is 99.3 Å². The number of benzene rings is 2. The molecule has 0 spiro atoms. The van der Waals surface area contributed by atoms with E-state index in [-0.39, 0.29) is 6.10 Å². The molecule has 0 saturated heterocycles. The van der Waals surface area contributed by atoms with Crippen LogP contribution in [0.2, 0.25) is 0 Å². The molecule has 1 atom stereocenters. The largest absolute Gasteiger partial charge is 0.377 e. The van der Waals surface area contributed by atoms with Gasteiger partial charge in [-0.1, -0.05) is 119 Å². The predicted molar refractivity (Wildman–Crippen MR) is 144 cm³/mol. The summed E-state index contributed by atoms with van der Waals surface area (Å²) in [5.74, 6) is 1.97. The van der Waals surface area contributed by atoms with Crippen LogP contribution in [0, 0.1) is 11.8 Å². The molecule has 1 fully saturated rings. The summed E-state index contributed by atoms with van der Waals surface area (Å²) in [6.07, 6.45) is 19.8. The highest BCUT2D eigenvalue weighted by atomic mass is 16.5. The van der Waals surface area contributed by atoms with E-state index in [0.29, 0.717) is 0 Å². The molecule has 0 bridgehead atoms. The number of unbranched alkanes of at least 4 members (excludes halogenated alkanes) is 2. The zero-order valence-corrected chi connectivity index (χ0v) is 21.2. The Morgan fingerprint density at radius 3 is 1.70 bits per heavy atom. The van der Waals surface area contributed by atoms with Crippen molar-refractivity contribution in [2.45, 2.75) is 96.5 Å². The van der Waals surface area contributed by atoms with Crippen LogP contribution in [-0.2, 0) is 17.6 Å². The number of rotatable bonds is 14. The van der Waals surface area contributed by atoms with E-state index in [0.717, 1.165) is 18.3 Å². The van der Waals surface area contributed by atoms with E-state index in [9.17, 15) is 0 Å². The molecule has 0 heterocycles. The minimum absolute atomic E-state index is 0.240. The minimum atomic E-state index is 0.240. The van der Waals surface area contributed by atoms with E-state index in [4.69, 9.17) is 4.74 Å². The molecule has 1 aliphatic rings. The third-order valence-corrected chi connectivity index (χ3v) is 7.84. The van der Waals surface area contributed by atoms with Crippen LogP contribution in [0.3, 0.4) is 0 Å². The Kier molecular flexibility index (Phi) is 11.2. The number of ether oxygens (including phenoxy) is 1. The third-order valence-electron chi connectivity index (χ3n) is 7.84. The summed E-state index contributed by atoms with van der Waals surface area (Å²) in [6, 6.07) is 18.0. The van der Waals surface area contributed by atoms with Crippen LogP contribution in [0.1, 0.15) is 106 Å². The summed E-state index contributed by atoms with van der Waals surface area (Å²) >= 11 is 0. The highest BCUT2D eigenvalue weighted by Gasteiger charge is 2.20. The molecular weight excluding hydrogens is 400 g/mol. The third kappa shape index (κ3) is 8.78. The van der Waals surface area contributed by atoms with Crippen molar-refractivity contribution in [3.05, 3.63) is 77.4 Å². The van der Waals surface area contributed by atoms with Gasteiger partial charge in [0, 0.05) is 7.11 Å². The van der Waals surface area contributed by atoms with E-state index in [1.54, 1.807) is 7.11 Å². The van der Waals surface area contributed by atoms with Gasteiger partial charge >= 0.3 is 0 Å². The van der Waals surface area contributed by atoms with Crippen LogP contribution in [-0.4, -0.2) is 7.11 Å². The first-order valence-electron chi connectivity index (χ1n) is 13.5. The van der Waals surface area contributed by atoms with Crippen molar-refractivity contribution >= 4 is 6.08 Å². The molecule has 1 aliphatic carbocycles. The number of aryl methyl sites for hydroxylation is 2. The van der Waals surface area contributed by atoms with Crippen molar-refractivity contribution < 1.29 is 4.74 Å². The van der Waals surface area contributed by atoms with Crippen LogP contribution in [0.25, 0.3) is 6.08 Å². The molecule has 180 valence electrons. The predicted octanol–water partition coefficient (Wildman–Crippen LogP) is 9.36. The Hall–Kier alpha value is -1.86. The quantitative estimate of drug-likeness (QED) is 0.263. The van der Waals surface area contributed by atoms with Gasteiger partial charge in [0.1, 0.15) is 0 Å². The van der Waals surface area contributed by atoms with E-state index >= 15 is 0 Å². The van der Waals surface area contributed by atoms with Gasteiger partial charge in [0.15, 0.2) is 0 Å². The Labute approximate surface area is 203 Å². The summed E-state index contributed by atoms with van der Waals surface area (Å²) in [6.45, 7) is 6.02. The van der Waals surface area contributed by atoms with Crippen molar-refractivity contribution in [3.8, 4) is 0 Å².